The molecular formula is C21H33N3O5S. The summed E-state index contributed by atoms with van der Waals surface area (Å²) < 4.78 is 33.3. The lowest BCUT2D eigenvalue weighted by Gasteiger charge is -2.35. The summed E-state index contributed by atoms with van der Waals surface area (Å²) in [6.07, 6.45) is 2.95. The lowest BCUT2D eigenvalue weighted by molar-refractivity contribution is -0.139. The number of sulfonamides is 1. The quantitative estimate of drug-likeness (QED) is 0.471. The van der Waals surface area contributed by atoms with Gasteiger partial charge in [-0.15, -0.1) is 0 Å². The third-order valence-electron chi connectivity index (χ3n) is 5.31. The lowest BCUT2D eigenvalue weighted by atomic mass is 10.0. The highest BCUT2D eigenvalue weighted by Gasteiger charge is 2.35. The van der Waals surface area contributed by atoms with Crippen molar-refractivity contribution in [3.8, 4) is 0 Å². The van der Waals surface area contributed by atoms with Crippen molar-refractivity contribution in [3.63, 3.8) is 0 Å². The Kier molecular flexibility index (Phi) is 8.81. The molecule has 0 saturated carbocycles. The van der Waals surface area contributed by atoms with Crippen LogP contribution >= 0.6 is 0 Å². The monoisotopic (exact) mass is 439 g/mol. The van der Waals surface area contributed by atoms with Gasteiger partial charge in [0.05, 0.1) is 11.5 Å². The van der Waals surface area contributed by atoms with Gasteiger partial charge in [0.15, 0.2) is 0 Å². The highest BCUT2D eigenvalue weighted by molar-refractivity contribution is 7.89. The summed E-state index contributed by atoms with van der Waals surface area (Å²) in [5, 5.41) is 5.05. The molecule has 1 aliphatic heterocycles. The fourth-order valence-electron chi connectivity index (χ4n) is 4.05. The highest BCUT2D eigenvalue weighted by atomic mass is 32.2. The van der Waals surface area contributed by atoms with Gasteiger partial charge in [0.25, 0.3) is 0 Å². The predicted molar refractivity (Wildman–Crippen MR) is 115 cm³/mol. The Morgan fingerprint density at radius 2 is 1.67 bits per heavy atom. The van der Waals surface area contributed by atoms with Crippen molar-refractivity contribution in [3.05, 3.63) is 28.8 Å². The molecule has 2 N–H and O–H groups in total. The van der Waals surface area contributed by atoms with E-state index in [2.05, 4.69) is 10.6 Å². The molecule has 1 aliphatic rings. The van der Waals surface area contributed by atoms with E-state index in [0.29, 0.717) is 24.5 Å². The van der Waals surface area contributed by atoms with E-state index in [1.165, 1.54) is 7.11 Å². The fraction of sp³-hybridized carbons (Fsp3) is 0.619. The number of hydrogen-bond donors (Lipinski definition) is 2. The number of methoxy groups -OCH3 is 1. The van der Waals surface area contributed by atoms with Crippen LogP contribution in [0.1, 0.15) is 42.4 Å². The van der Waals surface area contributed by atoms with Crippen molar-refractivity contribution in [2.45, 2.75) is 57.4 Å². The first kappa shape index (κ1) is 24.3. The minimum atomic E-state index is -3.64. The van der Waals surface area contributed by atoms with E-state index in [0.717, 1.165) is 36.0 Å². The van der Waals surface area contributed by atoms with E-state index in [1.54, 1.807) is 4.31 Å². The van der Waals surface area contributed by atoms with E-state index in [1.807, 2.05) is 32.9 Å². The van der Waals surface area contributed by atoms with Crippen LogP contribution in [0, 0.1) is 20.8 Å². The fourth-order valence-corrected chi connectivity index (χ4v) is 6.19. The summed E-state index contributed by atoms with van der Waals surface area (Å²) in [6, 6.07) is 3.57. The molecule has 168 valence electrons. The van der Waals surface area contributed by atoms with Gasteiger partial charge in [0.1, 0.15) is 0 Å². The Balaban J connectivity index is 2.05. The van der Waals surface area contributed by atoms with Gasteiger partial charge in [0, 0.05) is 32.8 Å². The molecule has 2 amide bonds. The average Bonchev–Trinajstić information content (AvgIpc) is 2.67. The zero-order valence-corrected chi connectivity index (χ0v) is 19.1. The zero-order valence-electron chi connectivity index (χ0n) is 18.3. The molecule has 30 heavy (non-hydrogen) atoms. The smallest absolute Gasteiger partial charge is 0.309 e. The van der Waals surface area contributed by atoms with E-state index in [9.17, 15) is 18.0 Å². The third kappa shape index (κ3) is 6.02. The number of hydrogen-bond acceptors (Lipinski definition) is 5. The van der Waals surface area contributed by atoms with Crippen LogP contribution in [0.4, 0.5) is 0 Å². The molecule has 1 atom stereocenters. The molecule has 9 heteroatoms. The van der Waals surface area contributed by atoms with Crippen molar-refractivity contribution in [1.82, 2.24) is 14.9 Å². The minimum absolute atomic E-state index is 0.208. The van der Waals surface area contributed by atoms with Gasteiger partial charge in [-0.05, 0) is 51.2 Å². The maximum atomic E-state index is 13.5. The molecule has 0 aromatic heterocycles. The first-order chi connectivity index (χ1) is 14.2. The number of nitrogens with one attached hydrogen (secondary N) is 2. The number of amides is 2. The second kappa shape index (κ2) is 10.9. The van der Waals surface area contributed by atoms with E-state index >= 15 is 0 Å². The lowest BCUT2D eigenvalue weighted by Crippen LogP contribution is -2.46. The molecule has 1 fully saturated rings. The molecule has 1 aromatic rings. The Morgan fingerprint density at radius 3 is 2.27 bits per heavy atom. The van der Waals surface area contributed by atoms with Gasteiger partial charge in [-0.2, -0.15) is 4.31 Å². The van der Waals surface area contributed by atoms with Crippen molar-refractivity contribution in [2.24, 2.45) is 0 Å². The molecule has 2 rings (SSSR count). The molecule has 1 aromatic carbocycles. The largest absolute Gasteiger partial charge is 0.383 e. The average molecular weight is 440 g/mol. The number of ether oxygens (including phenoxy) is 1. The van der Waals surface area contributed by atoms with Crippen LogP contribution in [0.15, 0.2) is 17.0 Å². The second-order valence-electron chi connectivity index (χ2n) is 7.79. The van der Waals surface area contributed by atoms with E-state index in [4.69, 9.17) is 4.74 Å². The van der Waals surface area contributed by atoms with Crippen LogP contribution in [0.3, 0.4) is 0 Å². The van der Waals surface area contributed by atoms with Crippen LogP contribution in [0.5, 0.6) is 0 Å². The van der Waals surface area contributed by atoms with Gasteiger partial charge in [-0.1, -0.05) is 24.1 Å². The molecule has 0 bridgehead atoms. The molecule has 8 nitrogen and oxygen atoms in total. The van der Waals surface area contributed by atoms with Gasteiger partial charge in [-0.3, -0.25) is 9.59 Å². The van der Waals surface area contributed by atoms with Gasteiger partial charge >= 0.3 is 11.8 Å². The van der Waals surface area contributed by atoms with Crippen molar-refractivity contribution >= 4 is 21.8 Å². The minimum Gasteiger partial charge on any atom is -0.383 e. The van der Waals surface area contributed by atoms with Gasteiger partial charge in [0.2, 0.25) is 10.0 Å². The Hall–Kier alpha value is -1.97. The van der Waals surface area contributed by atoms with Crippen molar-refractivity contribution < 1.29 is 22.7 Å². The maximum absolute atomic E-state index is 13.5. The van der Waals surface area contributed by atoms with E-state index < -0.39 is 21.8 Å². The predicted octanol–water partition coefficient (Wildman–Crippen LogP) is 1.42. The summed E-state index contributed by atoms with van der Waals surface area (Å²) in [7, 11) is -2.13. The summed E-state index contributed by atoms with van der Waals surface area (Å²) in [6.45, 7) is 6.89. The van der Waals surface area contributed by atoms with Gasteiger partial charge < -0.3 is 15.4 Å². The van der Waals surface area contributed by atoms with Crippen molar-refractivity contribution in [2.75, 3.05) is 33.4 Å². The second-order valence-corrected chi connectivity index (χ2v) is 9.61. The standard InChI is InChI=1S/C21H33N3O5S/c1-15-13-16(2)19(17(3)14-15)30(27,28)24-11-6-5-7-18(24)8-9-22-20(25)21(26)23-10-12-29-4/h13-14,18H,5-12H2,1-4H3,(H,22,25)(H,23,26)/t18-/m1/s1. The van der Waals surface area contributed by atoms with Crippen LogP contribution in [-0.4, -0.2) is 63.9 Å². The van der Waals surface area contributed by atoms with Crippen LogP contribution in [0.25, 0.3) is 0 Å². The molecule has 0 unspecified atom stereocenters. The van der Waals surface area contributed by atoms with E-state index in [-0.39, 0.29) is 19.1 Å². The molecule has 0 spiro atoms. The summed E-state index contributed by atoms with van der Waals surface area (Å²) >= 11 is 0. The summed E-state index contributed by atoms with van der Waals surface area (Å²) in [5.41, 5.74) is 2.53. The number of carbonyl (C=O) groups excluding carboxylic acids is 2. The number of benzene rings is 1. The first-order valence-corrected chi connectivity index (χ1v) is 11.8. The Bertz CT molecular complexity index is 846. The number of piperidine rings is 1. The molecular weight excluding hydrogens is 406 g/mol. The highest BCUT2D eigenvalue weighted by Crippen LogP contribution is 2.31. The SMILES string of the molecule is COCCNC(=O)C(=O)NCC[C@H]1CCCCN1S(=O)(=O)c1c(C)cc(C)cc1C. The normalized spacial score (nSPS) is 17.5. The molecule has 1 saturated heterocycles. The number of aryl methyl sites for hydroxylation is 3. The third-order valence-corrected chi connectivity index (χ3v) is 7.56. The zero-order chi connectivity index (χ0) is 22.3. The summed E-state index contributed by atoms with van der Waals surface area (Å²) in [5.74, 6) is -1.44. The summed E-state index contributed by atoms with van der Waals surface area (Å²) in [4.78, 5) is 24.0. The van der Waals surface area contributed by atoms with Crippen molar-refractivity contribution in [1.29, 1.82) is 0 Å². The number of nitrogens with zero attached hydrogens (tertiary/aromatic N) is 1. The molecule has 0 radical (unpaired) electrons. The molecule has 0 aliphatic carbocycles. The maximum Gasteiger partial charge on any atom is 0.309 e. The van der Waals surface area contributed by atoms with Crippen LogP contribution < -0.4 is 10.6 Å². The van der Waals surface area contributed by atoms with Gasteiger partial charge in [-0.25, -0.2) is 8.42 Å². The number of carbonyl (C=O) groups is 2. The molecule has 1 heterocycles. The Labute approximate surface area is 179 Å². The first-order valence-electron chi connectivity index (χ1n) is 10.3. The number of rotatable bonds is 8. The topological polar surface area (TPSA) is 105 Å². The van der Waals surface area contributed by atoms with Crippen LogP contribution in [-0.2, 0) is 24.3 Å². The van der Waals surface area contributed by atoms with Crippen LogP contribution in [0.2, 0.25) is 0 Å². The Morgan fingerprint density at radius 1 is 1.07 bits per heavy atom.